The number of nitrogens with one attached hydrogen (secondary N) is 1. The van der Waals surface area contributed by atoms with Gasteiger partial charge < -0.3 is 4.90 Å². The maximum atomic E-state index is 4.62. The molecular weight excluding hydrogens is 300 g/mol. The van der Waals surface area contributed by atoms with E-state index < -0.39 is 0 Å². The first-order valence-electron chi connectivity index (χ1n) is 9.02. The Kier molecular flexibility index (Phi) is 4.58. The standard InChI is InChI=1S/C18H26N6/c1-14-20-18(22-21-14)17-6-8-23(12-15-4-5-15)9-10-24(17)13-16-3-2-7-19-11-16/h2-3,7,11,15,17H,4-6,8-10,12-13H2,1H3,(H,20,21,22). The predicted molar refractivity (Wildman–Crippen MR) is 92.3 cm³/mol. The molecule has 128 valence electrons. The summed E-state index contributed by atoms with van der Waals surface area (Å²) in [6.45, 7) is 7.47. The second-order valence-electron chi connectivity index (χ2n) is 7.16. The fourth-order valence-electron chi connectivity index (χ4n) is 3.59. The van der Waals surface area contributed by atoms with Crippen molar-refractivity contribution in [1.29, 1.82) is 0 Å². The van der Waals surface area contributed by atoms with E-state index >= 15 is 0 Å². The second kappa shape index (κ2) is 6.99. The average molecular weight is 326 g/mol. The number of pyridine rings is 1. The molecule has 0 amide bonds. The van der Waals surface area contributed by atoms with Crippen molar-refractivity contribution in [2.75, 3.05) is 26.2 Å². The smallest absolute Gasteiger partial charge is 0.167 e. The first-order valence-corrected chi connectivity index (χ1v) is 9.02. The maximum absolute atomic E-state index is 4.62. The van der Waals surface area contributed by atoms with Gasteiger partial charge in [0.25, 0.3) is 0 Å². The van der Waals surface area contributed by atoms with Crippen molar-refractivity contribution in [2.45, 2.75) is 38.8 Å². The summed E-state index contributed by atoms with van der Waals surface area (Å²) in [5.74, 6) is 2.77. The molecule has 1 unspecified atom stereocenters. The van der Waals surface area contributed by atoms with Crippen molar-refractivity contribution in [2.24, 2.45) is 5.92 Å². The van der Waals surface area contributed by atoms with E-state index in [-0.39, 0.29) is 6.04 Å². The van der Waals surface area contributed by atoms with Gasteiger partial charge in [-0.2, -0.15) is 5.10 Å². The van der Waals surface area contributed by atoms with Crippen molar-refractivity contribution >= 4 is 0 Å². The zero-order valence-electron chi connectivity index (χ0n) is 14.4. The van der Waals surface area contributed by atoms with Crippen LogP contribution in [0, 0.1) is 12.8 Å². The van der Waals surface area contributed by atoms with E-state index in [1.54, 1.807) is 0 Å². The second-order valence-corrected chi connectivity index (χ2v) is 7.16. The van der Waals surface area contributed by atoms with Crippen LogP contribution < -0.4 is 0 Å². The third-order valence-electron chi connectivity index (χ3n) is 5.10. The first-order chi connectivity index (χ1) is 11.8. The summed E-state index contributed by atoms with van der Waals surface area (Å²) in [4.78, 5) is 14.0. The van der Waals surface area contributed by atoms with Gasteiger partial charge in [0.2, 0.25) is 0 Å². The van der Waals surface area contributed by atoms with Crippen LogP contribution in [-0.4, -0.2) is 56.1 Å². The quantitative estimate of drug-likeness (QED) is 0.912. The Balaban J connectivity index is 1.51. The lowest BCUT2D eigenvalue weighted by molar-refractivity contribution is 0.187. The molecule has 2 aromatic heterocycles. The van der Waals surface area contributed by atoms with E-state index in [0.717, 1.165) is 50.2 Å². The van der Waals surface area contributed by atoms with E-state index in [2.05, 4.69) is 36.0 Å². The molecular formula is C18H26N6. The summed E-state index contributed by atoms with van der Waals surface area (Å²) in [6.07, 6.45) is 7.72. The van der Waals surface area contributed by atoms with Gasteiger partial charge in [-0.15, -0.1) is 0 Å². The number of hydrogen-bond donors (Lipinski definition) is 1. The van der Waals surface area contributed by atoms with Crippen molar-refractivity contribution in [3.05, 3.63) is 41.7 Å². The number of H-pyrrole nitrogens is 1. The molecule has 24 heavy (non-hydrogen) atoms. The van der Waals surface area contributed by atoms with Crippen LogP contribution >= 0.6 is 0 Å². The minimum atomic E-state index is 0.277. The Labute approximate surface area is 143 Å². The summed E-state index contributed by atoms with van der Waals surface area (Å²) >= 11 is 0. The highest BCUT2D eigenvalue weighted by Gasteiger charge is 2.31. The van der Waals surface area contributed by atoms with Gasteiger partial charge in [0.1, 0.15) is 5.82 Å². The molecule has 1 saturated carbocycles. The third-order valence-corrected chi connectivity index (χ3v) is 5.10. The molecule has 1 aliphatic carbocycles. The van der Waals surface area contributed by atoms with Crippen molar-refractivity contribution in [1.82, 2.24) is 30.0 Å². The minimum Gasteiger partial charge on any atom is -0.302 e. The average Bonchev–Trinajstić information content (AvgIpc) is 3.35. The Morgan fingerprint density at radius 2 is 2.12 bits per heavy atom. The van der Waals surface area contributed by atoms with E-state index in [0.29, 0.717) is 0 Å². The maximum Gasteiger partial charge on any atom is 0.167 e. The first kappa shape index (κ1) is 15.7. The van der Waals surface area contributed by atoms with Gasteiger partial charge in [0.15, 0.2) is 5.82 Å². The molecule has 0 radical (unpaired) electrons. The number of hydrogen-bond acceptors (Lipinski definition) is 5. The fraction of sp³-hybridized carbons (Fsp3) is 0.611. The van der Waals surface area contributed by atoms with Crippen LogP contribution in [0.3, 0.4) is 0 Å². The Hall–Kier alpha value is -1.79. The highest BCUT2D eigenvalue weighted by Crippen LogP contribution is 2.32. The Morgan fingerprint density at radius 1 is 1.21 bits per heavy atom. The van der Waals surface area contributed by atoms with Crippen LogP contribution in [0.4, 0.5) is 0 Å². The molecule has 1 saturated heterocycles. The highest BCUT2D eigenvalue weighted by molar-refractivity contribution is 5.09. The minimum absolute atomic E-state index is 0.277. The van der Waals surface area contributed by atoms with Crippen LogP contribution in [0.25, 0.3) is 0 Å². The monoisotopic (exact) mass is 326 g/mol. The summed E-state index contributed by atoms with van der Waals surface area (Å²) < 4.78 is 0. The molecule has 0 spiro atoms. The normalized spacial score (nSPS) is 23.3. The van der Waals surface area contributed by atoms with Gasteiger partial charge in [-0.25, -0.2) is 4.98 Å². The number of aryl methyl sites for hydroxylation is 1. The lowest BCUT2D eigenvalue weighted by Gasteiger charge is -2.27. The topological polar surface area (TPSA) is 60.9 Å². The molecule has 2 aromatic rings. The third kappa shape index (κ3) is 3.82. The van der Waals surface area contributed by atoms with Gasteiger partial charge in [0, 0.05) is 45.1 Å². The summed E-state index contributed by atoms with van der Waals surface area (Å²) in [5.41, 5.74) is 1.26. The number of aromatic amines is 1. The van der Waals surface area contributed by atoms with Gasteiger partial charge in [0.05, 0.1) is 6.04 Å². The van der Waals surface area contributed by atoms with Crippen LogP contribution in [-0.2, 0) is 6.54 Å². The van der Waals surface area contributed by atoms with Gasteiger partial charge in [-0.1, -0.05) is 6.07 Å². The van der Waals surface area contributed by atoms with Crippen molar-refractivity contribution < 1.29 is 0 Å². The van der Waals surface area contributed by atoms with E-state index in [1.165, 1.54) is 24.9 Å². The molecule has 3 heterocycles. The highest BCUT2D eigenvalue weighted by atomic mass is 15.3. The SMILES string of the molecule is Cc1nc(C2CCN(CC3CC3)CCN2Cc2cccnc2)n[nH]1. The lowest BCUT2D eigenvalue weighted by atomic mass is 10.1. The molecule has 1 aliphatic heterocycles. The summed E-state index contributed by atoms with van der Waals surface area (Å²) in [7, 11) is 0. The Morgan fingerprint density at radius 3 is 2.83 bits per heavy atom. The van der Waals surface area contributed by atoms with Gasteiger partial charge in [-0.05, 0) is 43.7 Å². The molecule has 6 nitrogen and oxygen atoms in total. The largest absolute Gasteiger partial charge is 0.302 e. The van der Waals surface area contributed by atoms with Crippen LogP contribution in [0.1, 0.15) is 42.5 Å². The Bertz CT molecular complexity index is 651. The zero-order valence-corrected chi connectivity index (χ0v) is 14.4. The summed E-state index contributed by atoms with van der Waals surface area (Å²) in [6, 6.07) is 4.44. The molecule has 0 bridgehead atoms. The molecule has 0 aromatic carbocycles. The van der Waals surface area contributed by atoms with Crippen molar-refractivity contribution in [3.8, 4) is 0 Å². The number of aromatic nitrogens is 4. The molecule has 2 fully saturated rings. The van der Waals surface area contributed by atoms with Crippen LogP contribution in [0.15, 0.2) is 24.5 Å². The number of rotatable bonds is 5. The molecule has 1 atom stereocenters. The predicted octanol–water partition coefficient (Wildman–Crippen LogP) is 2.17. The molecule has 2 aliphatic rings. The zero-order chi connectivity index (χ0) is 16.4. The van der Waals surface area contributed by atoms with Crippen LogP contribution in [0.5, 0.6) is 0 Å². The van der Waals surface area contributed by atoms with Crippen LogP contribution in [0.2, 0.25) is 0 Å². The van der Waals surface area contributed by atoms with Gasteiger partial charge in [-0.3, -0.25) is 15.0 Å². The van der Waals surface area contributed by atoms with Crippen molar-refractivity contribution in [3.63, 3.8) is 0 Å². The molecule has 1 N–H and O–H groups in total. The van der Waals surface area contributed by atoms with Gasteiger partial charge >= 0.3 is 0 Å². The van der Waals surface area contributed by atoms with E-state index in [4.69, 9.17) is 0 Å². The van der Waals surface area contributed by atoms with E-state index in [1.807, 2.05) is 25.4 Å². The summed E-state index contributed by atoms with van der Waals surface area (Å²) in [5, 5.41) is 7.47. The lowest BCUT2D eigenvalue weighted by Crippen LogP contribution is -2.33. The number of nitrogens with zero attached hydrogens (tertiary/aromatic N) is 5. The van der Waals surface area contributed by atoms with E-state index in [9.17, 15) is 0 Å². The molecule has 4 rings (SSSR count). The molecule has 6 heteroatoms. The fourth-order valence-corrected chi connectivity index (χ4v) is 3.59.